The number of anilines is 3. The SMILES string of the molecule is COc1cc(OC)cc(-c2cc(-c3ccc(Br)cc3)nc3c(N4c5ccccc5Sc5ccccc54)cccc23)c1. The minimum atomic E-state index is 0.738. The Morgan fingerprint density at radius 1 is 0.634 bits per heavy atom. The summed E-state index contributed by atoms with van der Waals surface area (Å²) in [6.07, 6.45) is 0. The molecule has 0 aliphatic carbocycles. The molecule has 2 heterocycles. The highest BCUT2D eigenvalue weighted by atomic mass is 79.9. The lowest BCUT2D eigenvalue weighted by Crippen LogP contribution is -2.15. The number of pyridine rings is 1. The van der Waals surface area contributed by atoms with E-state index < -0.39 is 0 Å². The highest BCUT2D eigenvalue weighted by molar-refractivity contribution is 9.10. The predicted octanol–water partition coefficient (Wildman–Crippen LogP) is 10.3. The van der Waals surface area contributed by atoms with Crippen molar-refractivity contribution < 1.29 is 9.47 Å². The number of hydrogen-bond donors (Lipinski definition) is 0. The van der Waals surface area contributed by atoms with Crippen LogP contribution in [0.3, 0.4) is 0 Å². The second kappa shape index (κ2) is 10.6. The van der Waals surface area contributed by atoms with Crippen LogP contribution in [-0.4, -0.2) is 19.2 Å². The third-order valence-electron chi connectivity index (χ3n) is 7.29. The van der Waals surface area contributed by atoms with Gasteiger partial charge < -0.3 is 14.4 Å². The second-order valence-electron chi connectivity index (χ2n) is 9.71. The Hall–Kier alpha value is -4.26. The zero-order chi connectivity index (χ0) is 27.9. The van der Waals surface area contributed by atoms with Gasteiger partial charge in [0.1, 0.15) is 11.5 Å². The number of nitrogens with zero attached hydrogens (tertiary/aromatic N) is 2. The first-order valence-corrected chi connectivity index (χ1v) is 14.8. The normalized spacial score (nSPS) is 12.1. The summed E-state index contributed by atoms with van der Waals surface area (Å²) >= 11 is 5.38. The molecule has 0 radical (unpaired) electrons. The van der Waals surface area contributed by atoms with Crippen molar-refractivity contribution in [1.82, 2.24) is 4.98 Å². The minimum absolute atomic E-state index is 0.738. The van der Waals surface area contributed by atoms with E-state index in [4.69, 9.17) is 14.5 Å². The summed E-state index contributed by atoms with van der Waals surface area (Å²) in [7, 11) is 3.36. The van der Waals surface area contributed by atoms with Gasteiger partial charge in [-0.2, -0.15) is 0 Å². The average Bonchev–Trinajstić information content (AvgIpc) is 3.03. The van der Waals surface area contributed by atoms with Crippen LogP contribution in [0.5, 0.6) is 11.5 Å². The van der Waals surface area contributed by atoms with Crippen molar-refractivity contribution in [1.29, 1.82) is 0 Å². The molecule has 0 N–H and O–H groups in total. The van der Waals surface area contributed by atoms with Crippen LogP contribution in [0.2, 0.25) is 0 Å². The van der Waals surface area contributed by atoms with Crippen LogP contribution in [0.1, 0.15) is 0 Å². The number of fused-ring (bicyclic) bond motifs is 3. The molecule has 4 nitrogen and oxygen atoms in total. The molecule has 0 atom stereocenters. The lowest BCUT2D eigenvalue weighted by Gasteiger charge is -2.33. The number of ether oxygens (including phenoxy) is 2. The quantitative estimate of drug-likeness (QED) is 0.192. The summed E-state index contributed by atoms with van der Waals surface area (Å²) in [4.78, 5) is 10.1. The molecule has 1 aliphatic rings. The minimum Gasteiger partial charge on any atom is -0.497 e. The fraction of sp³-hybridized carbons (Fsp3) is 0.0571. The Morgan fingerprint density at radius 2 is 1.24 bits per heavy atom. The molecule has 7 rings (SSSR count). The molecule has 6 aromatic rings. The Kier molecular flexibility index (Phi) is 6.65. The molecular formula is C35H25BrN2O2S. The van der Waals surface area contributed by atoms with Crippen molar-refractivity contribution in [3.05, 3.63) is 120 Å². The molecular weight excluding hydrogens is 592 g/mol. The highest BCUT2D eigenvalue weighted by Crippen LogP contribution is 2.52. The van der Waals surface area contributed by atoms with E-state index in [0.717, 1.165) is 66.3 Å². The molecule has 1 aliphatic heterocycles. The number of para-hydroxylation sites is 3. The van der Waals surface area contributed by atoms with Crippen molar-refractivity contribution >= 4 is 55.7 Å². The molecule has 1 aromatic heterocycles. The van der Waals surface area contributed by atoms with E-state index >= 15 is 0 Å². The van der Waals surface area contributed by atoms with Crippen molar-refractivity contribution in [2.75, 3.05) is 19.1 Å². The average molecular weight is 618 g/mol. The lowest BCUT2D eigenvalue weighted by molar-refractivity contribution is 0.394. The van der Waals surface area contributed by atoms with Crippen molar-refractivity contribution in [2.45, 2.75) is 9.79 Å². The van der Waals surface area contributed by atoms with Gasteiger partial charge in [-0.05, 0) is 71.8 Å². The second-order valence-corrected chi connectivity index (χ2v) is 11.7. The smallest absolute Gasteiger partial charge is 0.123 e. The van der Waals surface area contributed by atoms with Crippen molar-refractivity contribution in [2.24, 2.45) is 0 Å². The van der Waals surface area contributed by atoms with E-state index in [9.17, 15) is 0 Å². The number of halogens is 1. The van der Waals surface area contributed by atoms with Gasteiger partial charge >= 0.3 is 0 Å². The molecule has 0 spiro atoms. The molecule has 0 saturated carbocycles. The Labute approximate surface area is 251 Å². The largest absolute Gasteiger partial charge is 0.497 e. The lowest BCUT2D eigenvalue weighted by atomic mass is 9.97. The van der Waals surface area contributed by atoms with Crippen LogP contribution in [0.4, 0.5) is 17.1 Å². The van der Waals surface area contributed by atoms with Gasteiger partial charge in [0, 0.05) is 31.3 Å². The molecule has 41 heavy (non-hydrogen) atoms. The molecule has 0 bridgehead atoms. The maximum Gasteiger partial charge on any atom is 0.123 e. The summed E-state index contributed by atoms with van der Waals surface area (Å²) in [5.74, 6) is 1.48. The molecule has 0 amide bonds. The van der Waals surface area contributed by atoms with E-state index in [1.807, 2.05) is 6.07 Å². The molecule has 0 unspecified atom stereocenters. The van der Waals surface area contributed by atoms with Crippen LogP contribution in [0, 0.1) is 0 Å². The van der Waals surface area contributed by atoms with E-state index in [1.165, 1.54) is 9.79 Å². The molecule has 200 valence electrons. The Bertz CT molecular complexity index is 1860. The van der Waals surface area contributed by atoms with Crippen LogP contribution in [0.25, 0.3) is 33.3 Å². The zero-order valence-electron chi connectivity index (χ0n) is 22.5. The molecule has 5 aromatic carbocycles. The van der Waals surface area contributed by atoms with Gasteiger partial charge in [-0.3, -0.25) is 0 Å². The van der Waals surface area contributed by atoms with Gasteiger partial charge in [0.2, 0.25) is 0 Å². The van der Waals surface area contributed by atoms with Gasteiger partial charge in [-0.15, -0.1) is 0 Å². The van der Waals surface area contributed by atoms with E-state index in [1.54, 1.807) is 26.0 Å². The van der Waals surface area contributed by atoms with E-state index in [2.05, 4.69) is 130 Å². The Balaban J connectivity index is 1.55. The highest BCUT2D eigenvalue weighted by Gasteiger charge is 2.26. The Morgan fingerprint density at radius 3 is 1.88 bits per heavy atom. The van der Waals surface area contributed by atoms with E-state index in [0.29, 0.717) is 0 Å². The maximum atomic E-state index is 5.64. The maximum absolute atomic E-state index is 5.64. The number of hydrogen-bond acceptors (Lipinski definition) is 5. The first-order chi connectivity index (χ1) is 20.1. The fourth-order valence-corrected chi connectivity index (χ4v) is 6.67. The van der Waals surface area contributed by atoms with E-state index in [-0.39, 0.29) is 0 Å². The van der Waals surface area contributed by atoms with Gasteiger partial charge in [0.05, 0.1) is 42.5 Å². The number of methoxy groups -OCH3 is 2. The molecule has 0 fully saturated rings. The predicted molar refractivity (Wildman–Crippen MR) is 172 cm³/mol. The third kappa shape index (κ3) is 4.63. The van der Waals surface area contributed by atoms with Crippen molar-refractivity contribution in [3.63, 3.8) is 0 Å². The van der Waals surface area contributed by atoms with Crippen molar-refractivity contribution in [3.8, 4) is 33.9 Å². The van der Waals surface area contributed by atoms with Gasteiger partial charge in [0.15, 0.2) is 0 Å². The van der Waals surface area contributed by atoms with Gasteiger partial charge in [-0.25, -0.2) is 4.98 Å². The topological polar surface area (TPSA) is 34.6 Å². The molecule has 6 heteroatoms. The monoisotopic (exact) mass is 616 g/mol. The number of aromatic nitrogens is 1. The zero-order valence-corrected chi connectivity index (χ0v) is 24.9. The molecule has 0 saturated heterocycles. The summed E-state index contributed by atoms with van der Waals surface area (Å²) in [6.45, 7) is 0. The summed E-state index contributed by atoms with van der Waals surface area (Å²) in [6, 6.07) is 40.0. The summed E-state index contributed by atoms with van der Waals surface area (Å²) < 4.78 is 12.3. The van der Waals surface area contributed by atoms with Crippen LogP contribution < -0.4 is 14.4 Å². The fourth-order valence-electron chi connectivity index (χ4n) is 5.35. The summed E-state index contributed by atoms with van der Waals surface area (Å²) in [5.41, 5.74) is 8.21. The summed E-state index contributed by atoms with van der Waals surface area (Å²) in [5, 5.41) is 1.05. The van der Waals surface area contributed by atoms with Gasteiger partial charge in [0.25, 0.3) is 0 Å². The number of benzene rings is 5. The van der Waals surface area contributed by atoms with Crippen LogP contribution >= 0.6 is 27.7 Å². The van der Waals surface area contributed by atoms with Crippen LogP contribution in [0.15, 0.2) is 130 Å². The number of rotatable bonds is 5. The van der Waals surface area contributed by atoms with Gasteiger partial charge in [-0.1, -0.05) is 76.2 Å². The third-order valence-corrected chi connectivity index (χ3v) is 8.95. The standard InChI is InChI=1S/C35H25BrN2O2S/c1-39-25-18-23(19-26(20-25)40-2)28-21-29(22-14-16-24(36)17-15-22)37-35-27(28)8-7-11-32(35)38-30-9-3-5-12-33(30)41-34-13-6-4-10-31(34)38/h3-21H,1-2H3. The van der Waals surface area contributed by atoms with Crippen LogP contribution in [-0.2, 0) is 0 Å². The first-order valence-electron chi connectivity index (χ1n) is 13.2. The first kappa shape index (κ1) is 25.7.